The third-order valence-electron chi connectivity index (χ3n) is 6.89. The zero-order chi connectivity index (χ0) is 25.6. The van der Waals surface area contributed by atoms with Crippen LogP contribution in [0.2, 0.25) is 5.02 Å². The lowest BCUT2D eigenvalue weighted by atomic mass is 10.1. The van der Waals surface area contributed by atoms with E-state index in [1.807, 2.05) is 16.7 Å². The number of nitrogens with one attached hydrogen (secondary N) is 1. The van der Waals surface area contributed by atoms with Crippen LogP contribution in [0.1, 0.15) is 34.8 Å². The van der Waals surface area contributed by atoms with Gasteiger partial charge in [-0.05, 0) is 49.6 Å². The summed E-state index contributed by atoms with van der Waals surface area (Å²) in [6.07, 6.45) is 3.16. The van der Waals surface area contributed by atoms with Crippen molar-refractivity contribution in [2.45, 2.75) is 25.8 Å². The number of carboxylic acids is 1. The molecule has 10 heteroatoms. The van der Waals surface area contributed by atoms with Gasteiger partial charge in [-0.25, -0.2) is 9.18 Å². The fraction of sp³-hybridized carbons (Fsp3) is 0.346. The molecule has 2 heterocycles. The Morgan fingerprint density at radius 3 is 2.56 bits per heavy atom. The summed E-state index contributed by atoms with van der Waals surface area (Å²) in [5.74, 6) is -2.02. The van der Waals surface area contributed by atoms with Crippen molar-refractivity contribution in [3.05, 3.63) is 68.7 Å². The summed E-state index contributed by atoms with van der Waals surface area (Å²) in [6.45, 7) is 4.19. The molecule has 36 heavy (non-hydrogen) atoms. The number of hydrogen-bond acceptors (Lipinski definition) is 5. The van der Waals surface area contributed by atoms with E-state index in [1.54, 1.807) is 28.8 Å². The normalized spacial score (nSPS) is 16.4. The molecule has 0 spiro atoms. The van der Waals surface area contributed by atoms with Gasteiger partial charge >= 0.3 is 5.97 Å². The summed E-state index contributed by atoms with van der Waals surface area (Å²) in [5, 5.41) is 13.0. The van der Waals surface area contributed by atoms with E-state index in [0.29, 0.717) is 48.1 Å². The molecule has 0 bridgehead atoms. The highest BCUT2D eigenvalue weighted by atomic mass is 35.5. The summed E-state index contributed by atoms with van der Waals surface area (Å²) < 4.78 is 17.0. The number of carboxylic acid groups (broad SMARTS) is 1. The second-order valence-corrected chi connectivity index (χ2v) is 9.77. The molecule has 8 nitrogen and oxygen atoms in total. The maximum atomic E-state index is 15.2. The predicted octanol–water partition coefficient (Wildman–Crippen LogP) is 3.90. The predicted molar refractivity (Wildman–Crippen MR) is 137 cm³/mol. The summed E-state index contributed by atoms with van der Waals surface area (Å²) >= 11 is 6.13. The largest absolute Gasteiger partial charge is 0.477 e. The molecule has 0 radical (unpaired) electrons. The van der Waals surface area contributed by atoms with E-state index in [9.17, 15) is 19.5 Å². The topological polar surface area (TPSA) is 94.9 Å². The van der Waals surface area contributed by atoms with Gasteiger partial charge in [0.05, 0.1) is 17.7 Å². The number of piperazine rings is 1. The number of amides is 1. The average Bonchev–Trinajstić information content (AvgIpc) is 3.68. The molecule has 2 N–H and O–H groups in total. The first-order valence-corrected chi connectivity index (χ1v) is 12.2. The van der Waals surface area contributed by atoms with Gasteiger partial charge in [-0.15, -0.1) is 0 Å². The number of pyridine rings is 1. The fourth-order valence-electron chi connectivity index (χ4n) is 4.69. The molecule has 0 unspecified atom stereocenters. The van der Waals surface area contributed by atoms with Crippen molar-refractivity contribution in [1.29, 1.82) is 0 Å². The second kappa shape index (κ2) is 9.55. The number of hydrogen-bond donors (Lipinski definition) is 2. The van der Waals surface area contributed by atoms with E-state index in [2.05, 4.69) is 5.32 Å². The van der Waals surface area contributed by atoms with Crippen molar-refractivity contribution in [2.24, 2.45) is 0 Å². The third-order valence-corrected chi connectivity index (χ3v) is 7.30. The minimum atomic E-state index is -1.31. The van der Waals surface area contributed by atoms with E-state index >= 15 is 4.39 Å². The molecule has 1 aliphatic carbocycles. The molecule has 1 saturated carbocycles. The Hall–Kier alpha value is -3.43. The minimum Gasteiger partial charge on any atom is -0.477 e. The lowest BCUT2D eigenvalue weighted by molar-refractivity contribution is -0.117. The Kier molecular flexibility index (Phi) is 6.44. The van der Waals surface area contributed by atoms with Gasteiger partial charge in [0.1, 0.15) is 11.4 Å². The Balaban J connectivity index is 1.31. The maximum absolute atomic E-state index is 15.2. The zero-order valence-corrected chi connectivity index (χ0v) is 20.5. The Labute approximate surface area is 211 Å². The van der Waals surface area contributed by atoms with Crippen LogP contribution < -0.4 is 15.6 Å². The zero-order valence-electron chi connectivity index (χ0n) is 19.8. The number of anilines is 2. The van der Waals surface area contributed by atoms with Gasteiger partial charge < -0.3 is 19.9 Å². The van der Waals surface area contributed by atoms with Gasteiger partial charge in [0.2, 0.25) is 11.3 Å². The van der Waals surface area contributed by atoms with E-state index in [1.165, 1.54) is 6.20 Å². The SMILES string of the molecule is Cc1c(Cl)cccc1NC(=O)CN1CCN(c2cc3c(cc2F)c(=O)c(C(=O)O)cn3C2CC2)CC1. The molecule has 188 valence electrons. The molecule has 2 fully saturated rings. The number of fused-ring (bicyclic) bond motifs is 1. The molecular weight excluding hydrogens is 487 g/mol. The number of halogens is 2. The van der Waals surface area contributed by atoms with Crippen molar-refractivity contribution >= 4 is 45.8 Å². The average molecular weight is 513 g/mol. The monoisotopic (exact) mass is 512 g/mol. The van der Waals surface area contributed by atoms with Gasteiger partial charge in [-0.2, -0.15) is 0 Å². The number of aromatic carboxylic acids is 1. The van der Waals surface area contributed by atoms with Gasteiger partial charge in [0.15, 0.2) is 0 Å². The molecule has 0 atom stereocenters. The van der Waals surface area contributed by atoms with Crippen LogP contribution in [0.25, 0.3) is 10.9 Å². The van der Waals surface area contributed by atoms with Crippen LogP contribution in [-0.4, -0.2) is 59.2 Å². The van der Waals surface area contributed by atoms with Crippen molar-refractivity contribution in [3.63, 3.8) is 0 Å². The van der Waals surface area contributed by atoms with E-state index in [-0.39, 0.29) is 29.4 Å². The quantitative estimate of drug-likeness (QED) is 0.520. The molecule has 1 amide bonds. The van der Waals surface area contributed by atoms with Gasteiger partial charge in [0, 0.05) is 54.5 Å². The van der Waals surface area contributed by atoms with Gasteiger partial charge in [0.25, 0.3) is 0 Å². The number of nitrogens with zero attached hydrogens (tertiary/aromatic N) is 3. The lowest BCUT2D eigenvalue weighted by Gasteiger charge is -2.36. The Bertz CT molecular complexity index is 1430. The molecule has 1 saturated heterocycles. The van der Waals surface area contributed by atoms with Crippen molar-refractivity contribution in [3.8, 4) is 0 Å². The van der Waals surface area contributed by atoms with Gasteiger partial charge in [-0.3, -0.25) is 14.5 Å². The van der Waals surface area contributed by atoms with Crippen LogP contribution in [0.3, 0.4) is 0 Å². The van der Waals surface area contributed by atoms with Crippen LogP contribution in [0.15, 0.2) is 41.3 Å². The summed E-state index contributed by atoms with van der Waals surface area (Å²) in [6, 6.07) is 8.29. The van der Waals surface area contributed by atoms with Crippen LogP contribution in [0.4, 0.5) is 15.8 Å². The van der Waals surface area contributed by atoms with Crippen molar-refractivity contribution in [2.75, 3.05) is 42.9 Å². The number of benzene rings is 2. The number of carbonyl (C=O) groups excluding carboxylic acids is 1. The first-order valence-electron chi connectivity index (χ1n) is 11.9. The summed E-state index contributed by atoms with van der Waals surface area (Å²) in [5.41, 5.74) is 1.38. The van der Waals surface area contributed by atoms with Crippen LogP contribution in [0, 0.1) is 12.7 Å². The first kappa shape index (κ1) is 24.3. The van der Waals surface area contributed by atoms with Crippen LogP contribution >= 0.6 is 11.6 Å². The Morgan fingerprint density at radius 1 is 1.17 bits per heavy atom. The highest BCUT2D eigenvalue weighted by Gasteiger charge is 2.28. The highest BCUT2D eigenvalue weighted by molar-refractivity contribution is 6.31. The van der Waals surface area contributed by atoms with E-state index < -0.39 is 17.2 Å². The highest BCUT2D eigenvalue weighted by Crippen LogP contribution is 2.38. The number of rotatable bonds is 6. The molecule has 1 aromatic heterocycles. The van der Waals surface area contributed by atoms with Crippen LogP contribution in [0.5, 0.6) is 0 Å². The van der Waals surface area contributed by atoms with Crippen LogP contribution in [-0.2, 0) is 4.79 Å². The Morgan fingerprint density at radius 2 is 1.89 bits per heavy atom. The molecule has 2 aromatic carbocycles. The van der Waals surface area contributed by atoms with E-state index in [0.717, 1.165) is 24.5 Å². The minimum absolute atomic E-state index is 0.0784. The molecule has 2 aliphatic rings. The molecule has 3 aromatic rings. The standard InChI is InChI=1S/C26H26ClFN4O4/c1-15-19(27)3-2-4-21(15)29-24(33)14-30-7-9-31(10-8-30)23-12-22-17(11-20(23)28)25(34)18(26(35)36)13-32(22)16-5-6-16/h2-4,11-13,16H,5-10,14H2,1H3,(H,29,33)(H,35,36). The molecule has 1 aliphatic heterocycles. The second-order valence-electron chi connectivity index (χ2n) is 9.36. The summed E-state index contributed by atoms with van der Waals surface area (Å²) in [7, 11) is 0. The lowest BCUT2D eigenvalue weighted by Crippen LogP contribution is -2.49. The molecule has 5 rings (SSSR count). The molecular formula is C26H26ClFN4O4. The number of aromatic nitrogens is 1. The van der Waals surface area contributed by atoms with Crippen molar-refractivity contribution in [1.82, 2.24) is 9.47 Å². The van der Waals surface area contributed by atoms with Gasteiger partial charge in [-0.1, -0.05) is 17.7 Å². The fourth-order valence-corrected chi connectivity index (χ4v) is 4.87. The number of carbonyl (C=O) groups is 2. The first-order chi connectivity index (χ1) is 17.2. The summed E-state index contributed by atoms with van der Waals surface area (Å²) in [4.78, 5) is 40.7. The van der Waals surface area contributed by atoms with E-state index in [4.69, 9.17) is 11.6 Å². The van der Waals surface area contributed by atoms with Crippen molar-refractivity contribution < 1.29 is 19.1 Å². The smallest absolute Gasteiger partial charge is 0.341 e. The maximum Gasteiger partial charge on any atom is 0.341 e. The third kappa shape index (κ3) is 4.68.